The van der Waals surface area contributed by atoms with Crippen molar-refractivity contribution in [1.29, 1.82) is 0 Å². The van der Waals surface area contributed by atoms with Gasteiger partial charge < -0.3 is 19.0 Å². The molecule has 1 N–H and O–H groups in total. The number of fused-ring (bicyclic) bond motifs is 1. The van der Waals surface area contributed by atoms with Gasteiger partial charge in [0.1, 0.15) is 22.9 Å². The maximum Gasteiger partial charge on any atom is 0.342 e. The number of benzene rings is 3. The average molecular weight is 628 g/mol. The molecule has 0 saturated carbocycles. The molecule has 45 heavy (non-hydrogen) atoms. The first-order valence-electron chi connectivity index (χ1n) is 16.2. The van der Waals surface area contributed by atoms with Gasteiger partial charge in [0.15, 0.2) is 5.75 Å². The van der Waals surface area contributed by atoms with Crippen molar-refractivity contribution in [3.05, 3.63) is 101 Å². The van der Waals surface area contributed by atoms with Gasteiger partial charge in [-0.3, -0.25) is 4.98 Å². The standard InChI is InChI=1S/C38H49NO5Si/c1-25(2)42-38(41)33-31(22-16-24-40)36(44-45(26(3)4,27(5)6)28(7)8)32-21-15-23-39-34(32)37(33)43-35(29-17-11-9-12-18-29)30-19-13-10-14-20-30/h9-15,17-21,23,25-28,35,40H,16,22,24H2,1-8H3. The van der Waals surface area contributed by atoms with Crippen LogP contribution in [0.3, 0.4) is 0 Å². The monoisotopic (exact) mass is 627 g/mol. The van der Waals surface area contributed by atoms with Gasteiger partial charge in [0.25, 0.3) is 8.32 Å². The van der Waals surface area contributed by atoms with E-state index in [9.17, 15) is 9.90 Å². The quantitative estimate of drug-likeness (QED) is 0.111. The summed E-state index contributed by atoms with van der Waals surface area (Å²) < 4.78 is 20.3. The summed E-state index contributed by atoms with van der Waals surface area (Å²) in [4.78, 5) is 19.1. The molecule has 0 atom stereocenters. The summed E-state index contributed by atoms with van der Waals surface area (Å²) in [6.45, 7) is 17.1. The predicted octanol–water partition coefficient (Wildman–Crippen LogP) is 9.45. The van der Waals surface area contributed by atoms with Crippen molar-refractivity contribution in [3.63, 3.8) is 0 Å². The highest BCUT2D eigenvalue weighted by Crippen LogP contribution is 2.49. The van der Waals surface area contributed by atoms with E-state index in [-0.39, 0.29) is 12.7 Å². The van der Waals surface area contributed by atoms with E-state index < -0.39 is 20.4 Å². The molecule has 0 aliphatic carbocycles. The third-order valence-corrected chi connectivity index (χ3v) is 14.6. The number of aromatic nitrogens is 1. The zero-order valence-corrected chi connectivity index (χ0v) is 29.0. The number of carbonyl (C=O) groups is 1. The number of nitrogens with zero attached hydrogens (tertiary/aromatic N) is 1. The second-order valence-electron chi connectivity index (χ2n) is 12.9. The van der Waals surface area contributed by atoms with Crippen LogP contribution in [0.25, 0.3) is 10.9 Å². The summed E-state index contributed by atoms with van der Waals surface area (Å²) in [6.07, 6.45) is 1.71. The van der Waals surface area contributed by atoms with Crippen LogP contribution in [0.15, 0.2) is 79.0 Å². The van der Waals surface area contributed by atoms with Crippen LogP contribution in [0.2, 0.25) is 16.6 Å². The van der Waals surface area contributed by atoms with E-state index in [0.717, 1.165) is 16.5 Å². The fourth-order valence-electron chi connectivity index (χ4n) is 6.75. The minimum Gasteiger partial charge on any atom is -0.542 e. The van der Waals surface area contributed by atoms with Crippen molar-refractivity contribution in [2.75, 3.05) is 6.61 Å². The number of rotatable bonds is 14. The minimum absolute atomic E-state index is 0.0306. The fourth-order valence-corrected chi connectivity index (χ4v) is 12.0. The first kappa shape index (κ1) is 34.2. The van der Waals surface area contributed by atoms with Gasteiger partial charge in [-0.1, -0.05) is 102 Å². The summed E-state index contributed by atoms with van der Waals surface area (Å²) in [6, 6.07) is 23.9. The summed E-state index contributed by atoms with van der Waals surface area (Å²) in [7, 11) is -2.48. The second kappa shape index (κ2) is 15.1. The van der Waals surface area contributed by atoms with Crippen molar-refractivity contribution < 1.29 is 23.8 Å². The smallest absolute Gasteiger partial charge is 0.342 e. The van der Waals surface area contributed by atoms with Crippen molar-refractivity contribution in [3.8, 4) is 11.5 Å². The topological polar surface area (TPSA) is 77.9 Å². The molecular formula is C38H49NO5Si. The molecule has 0 fully saturated rings. The molecule has 0 aliphatic heterocycles. The Morgan fingerprint density at radius 2 is 1.33 bits per heavy atom. The molecule has 3 aromatic carbocycles. The number of hydrogen-bond acceptors (Lipinski definition) is 6. The molecule has 240 valence electrons. The number of esters is 1. The highest BCUT2D eigenvalue weighted by Gasteiger charge is 2.48. The Morgan fingerprint density at radius 3 is 1.82 bits per heavy atom. The van der Waals surface area contributed by atoms with Gasteiger partial charge in [0.2, 0.25) is 0 Å². The van der Waals surface area contributed by atoms with E-state index in [1.165, 1.54) is 0 Å². The molecule has 0 bridgehead atoms. The zero-order valence-electron chi connectivity index (χ0n) is 28.0. The lowest BCUT2D eigenvalue weighted by molar-refractivity contribution is 0.0370. The van der Waals surface area contributed by atoms with Gasteiger partial charge in [-0.25, -0.2) is 4.79 Å². The Labute approximate surface area is 269 Å². The molecule has 0 saturated heterocycles. The molecule has 4 rings (SSSR count). The molecule has 0 spiro atoms. The third kappa shape index (κ3) is 7.26. The third-order valence-electron chi connectivity index (χ3n) is 8.63. The molecule has 7 heteroatoms. The molecule has 0 amide bonds. The van der Waals surface area contributed by atoms with Crippen LogP contribution >= 0.6 is 0 Å². The average Bonchev–Trinajstić information content (AvgIpc) is 3.01. The van der Waals surface area contributed by atoms with Crippen LogP contribution in [-0.2, 0) is 11.2 Å². The highest BCUT2D eigenvalue weighted by atomic mass is 28.4. The Bertz CT molecular complexity index is 1490. The number of hydrogen-bond donors (Lipinski definition) is 1. The van der Waals surface area contributed by atoms with Gasteiger partial charge in [-0.2, -0.15) is 0 Å². The van der Waals surface area contributed by atoms with E-state index >= 15 is 0 Å². The number of aliphatic hydroxyl groups is 1. The van der Waals surface area contributed by atoms with Gasteiger partial charge in [-0.15, -0.1) is 0 Å². The van der Waals surface area contributed by atoms with Crippen molar-refractivity contribution >= 4 is 25.2 Å². The largest absolute Gasteiger partial charge is 0.542 e. The van der Waals surface area contributed by atoms with Crippen molar-refractivity contribution in [1.82, 2.24) is 4.98 Å². The molecule has 1 aromatic heterocycles. The lowest BCUT2D eigenvalue weighted by Gasteiger charge is -2.43. The van der Waals surface area contributed by atoms with Gasteiger partial charge in [0, 0.05) is 23.8 Å². The van der Waals surface area contributed by atoms with E-state index in [0.29, 0.717) is 57.6 Å². The van der Waals surface area contributed by atoms with E-state index in [2.05, 4.69) is 41.5 Å². The van der Waals surface area contributed by atoms with Crippen LogP contribution in [0, 0.1) is 0 Å². The Hall–Kier alpha value is -3.68. The summed E-state index contributed by atoms with van der Waals surface area (Å²) in [5, 5.41) is 10.8. The van der Waals surface area contributed by atoms with Gasteiger partial charge in [-0.05, 0) is 66.6 Å². The first-order valence-corrected chi connectivity index (χ1v) is 18.4. The molecule has 1 heterocycles. The van der Waals surface area contributed by atoms with Gasteiger partial charge >= 0.3 is 5.97 Å². The normalized spacial score (nSPS) is 12.1. The second-order valence-corrected chi connectivity index (χ2v) is 18.3. The van der Waals surface area contributed by atoms with Crippen LogP contribution in [0.5, 0.6) is 11.5 Å². The van der Waals surface area contributed by atoms with Crippen LogP contribution in [-0.4, -0.2) is 37.1 Å². The maximum atomic E-state index is 14.2. The van der Waals surface area contributed by atoms with E-state index in [1.807, 2.05) is 86.6 Å². The molecule has 0 radical (unpaired) electrons. The Balaban J connectivity index is 2.11. The summed E-state index contributed by atoms with van der Waals surface area (Å²) in [5.74, 6) is 0.532. The molecule has 4 aromatic rings. The summed E-state index contributed by atoms with van der Waals surface area (Å²) in [5.41, 5.74) is 4.36. The lowest BCUT2D eigenvalue weighted by atomic mass is 9.96. The first-order chi connectivity index (χ1) is 21.5. The fraction of sp³-hybridized carbons (Fsp3) is 0.421. The Morgan fingerprint density at radius 1 is 0.778 bits per heavy atom. The van der Waals surface area contributed by atoms with E-state index in [4.69, 9.17) is 18.9 Å². The van der Waals surface area contributed by atoms with Crippen LogP contribution in [0.4, 0.5) is 0 Å². The molecular weight excluding hydrogens is 579 g/mol. The van der Waals surface area contributed by atoms with Crippen molar-refractivity contribution in [2.24, 2.45) is 0 Å². The molecule has 0 unspecified atom stereocenters. The number of carbonyl (C=O) groups excluding carboxylic acids is 1. The van der Waals surface area contributed by atoms with Crippen molar-refractivity contribution in [2.45, 2.75) is 97.1 Å². The number of pyridine rings is 1. The summed E-state index contributed by atoms with van der Waals surface area (Å²) >= 11 is 0. The van der Waals surface area contributed by atoms with Gasteiger partial charge in [0.05, 0.1) is 6.10 Å². The molecule has 0 aliphatic rings. The number of aliphatic hydroxyl groups excluding tert-OH is 1. The van der Waals surface area contributed by atoms with E-state index in [1.54, 1.807) is 6.20 Å². The SMILES string of the molecule is CC(C)OC(=O)c1c(CCCO)c(O[Si](C(C)C)(C(C)C)C(C)C)c2cccnc2c1OC(c1ccccc1)c1ccccc1. The van der Waals surface area contributed by atoms with Crippen LogP contribution in [0.1, 0.15) is 95.0 Å². The highest BCUT2D eigenvalue weighted by molar-refractivity contribution is 6.78. The maximum absolute atomic E-state index is 14.2. The predicted molar refractivity (Wildman–Crippen MR) is 185 cm³/mol. The number of ether oxygens (including phenoxy) is 2. The zero-order chi connectivity index (χ0) is 32.7. The lowest BCUT2D eigenvalue weighted by Crippen LogP contribution is -2.51. The van der Waals surface area contributed by atoms with Crippen LogP contribution < -0.4 is 9.16 Å². The Kier molecular flexibility index (Phi) is 11.4. The molecule has 6 nitrogen and oxygen atoms in total. The minimum atomic E-state index is -2.48.